The predicted molar refractivity (Wildman–Crippen MR) is 97.5 cm³/mol. The highest BCUT2D eigenvalue weighted by molar-refractivity contribution is 6.32. The summed E-state index contributed by atoms with van der Waals surface area (Å²) in [6.45, 7) is 4.05. The zero-order chi connectivity index (χ0) is 19.0. The number of ether oxygens (including phenoxy) is 3. The molecular formula is C19H16ClN3O4. The van der Waals surface area contributed by atoms with Crippen molar-refractivity contribution in [1.29, 1.82) is 0 Å². The van der Waals surface area contributed by atoms with Gasteiger partial charge in [0.05, 0.1) is 16.3 Å². The monoisotopic (exact) mass is 385 g/mol. The normalized spacial score (nSPS) is 12.3. The lowest BCUT2D eigenvalue weighted by molar-refractivity contribution is 0.0472. The number of nitrogens with zero attached hydrogens (tertiary/aromatic N) is 3. The molecular weight excluding hydrogens is 370 g/mol. The summed E-state index contributed by atoms with van der Waals surface area (Å²) in [5, 5.41) is 4.79. The lowest BCUT2D eigenvalue weighted by Crippen LogP contribution is -2.08. The van der Waals surface area contributed by atoms with Crippen LogP contribution < -0.4 is 9.47 Å². The Balaban J connectivity index is 1.44. The number of halogens is 1. The highest BCUT2D eigenvalue weighted by atomic mass is 35.5. The van der Waals surface area contributed by atoms with E-state index in [0.717, 1.165) is 11.4 Å². The maximum Gasteiger partial charge on any atom is 0.340 e. The molecule has 0 atom stereocenters. The van der Waals surface area contributed by atoms with Crippen molar-refractivity contribution in [3.63, 3.8) is 0 Å². The lowest BCUT2D eigenvalue weighted by Gasteiger charge is -2.08. The topological polar surface area (TPSA) is 75.5 Å². The first kappa shape index (κ1) is 17.4. The number of pyridine rings is 1. The summed E-state index contributed by atoms with van der Waals surface area (Å²) in [6, 6.07) is 8.78. The summed E-state index contributed by atoms with van der Waals surface area (Å²) >= 11 is 6.13. The second kappa shape index (κ2) is 6.92. The van der Waals surface area contributed by atoms with Crippen molar-refractivity contribution in [2.24, 2.45) is 0 Å². The molecule has 0 saturated carbocycles. The fraction of sp³-hybridized carbons (Fsp3) is 0.211. The molecule has 0 saturated heterocycles. The standard InChI is InChI=1S/C19H16ClN3O4/c1-11-5-12(2)23(22-11)17-4-3-14(8-21-17)19(24)25-9-13-6-15(20)18-16(7-13)26-10-27-18/h3-8H,9-10H2,1-2H3. The Morgan fingerprint density at radius 1 is 1.26 bits per heavy atom. The van der Waals surface area contributed by atoms with Crippen molar-refractivity contribution < 1.29 is 19.0 Å². The fourth-order valence-corrected chi connectivity index (χ4v) is 3.12. The van der Waals surface area contributed by atoms with E-state index in [1.165, 1.54) is 6.20 Å². The number of hydrogen-bond donors (Lipinski definition) is 0. The SMILES string of the molecule is Cc1cc(C)n(-c2ccc(C(=O)OCc3cc(Cl)c4c(c3)OCO4)cn2)n1. The molecule has 8 heteroatoms. The molecule has 0 amide bonds. The average Bonchev–Trinajstić information content (AvgIpc) is 3.26. The van der Waals surface area contributed by atoms with Crippen LogP contribution >= 0.6 is 11.6 Å². The van der Waals surface area contributed by atoms with Gasteiger partial charge in [-0.1, -0.05) is 11.6 Å². The third-order valence-corrected chi connectivity index (χ3v) is 4.35. The number of rotatable bonds is 4. The Morgan fingerprint density at radius 2 is 2.11 bits per heavy atom. The van der Waals surface area contributed by atoms with Gasteiger partial charge >= 0.3 is 5.97 Å². The Hall–Kier alpha value is -3.06. The first-order valence-corrected chi connectivity index (χ1v) is 8.64. The highest BCUT2D eigenvalue weighted by Crippen LogP contribution is 2.39. The number of hydrogen-bond acceptors (Lipinski definition) is 6. The number of fused-ring (bicyclic) bond motifs is 1. The first-order chi connectivity index (χ1) is 13.0. The maximum absolute atomic E-state index is 12.3. The van der Waals surface area contributed by atoms with Crippen LogP contribution in [-0.4, -0.2) is 27.5 Å². The summed E-state index contributed by atoms with van der Waals surface area (Å²) in [5.41, 5.74) is 2.94. The quantitative estimate of drug-likeness (QED) is 0.638. The first-order valence-electron chi connectivity index (χ1n) is 8.26. The van der Waals surface area contributed by atoms with Gasteiger partial charge in [0, 0.05) is 11.9 Å². The van der Waals surface area contributed by atoms with Gasteiger partial charge in [0.25, 0.3) is 0 Å². The number of carbonyl (C=O) groups excluding carboxylic acids is 1. The summed E-state index contributed by atoms with van der Waals surface area (Å²) in [4.78, 5) is 16.6. The van der Waals surface area contributed by atoms with Crippen LogP contribution in [0.15, 0.2) is 36.5 Å². The highest BCUT2D eigenvalue weighted by Gasteiger charge is 2.19. The van der Waals surface area contributed by atoms with Gasteiger partial charge in [0.1, 0.15) is 6.61 Å². The lowest BCUT2D eigenvalue weighted by atomic mass is 10.2. The molecule has 138 valence electrons. The van der Waals surface area contributed by atoms with Gasteiger partial charge in [-0.3, -0.25) is 0 Å². The molecule has 4 rings (SSSR count). The van der Waals surface area contributed by atoms with Crippen LogP contribution in [0, 0.1) is 13.8 Å². The molecule has 0 N–H and O–H groups in total. The average molecular weight is 386 g/mol. The number of aromatic nitrogens is 3. The van der Waals surface area contributed by atoms with E-state index in [2.05, 4.69) is 10.1 Å². The summed E-state index contributed by atoms with van der Waals surface area (Å²) in [7, 11) is 0. The van der Waals surface area contributed by atoms with Crippen LogP contribution in [-0.2, 0) is 11.3 Å². The number of benzene rings is 1. The number of aryl methyl sites for hydroxylation is 2. The third-order valence-electron chi connectivity index (χ3n) is 4.07. The minimum absolute atomic E-state index is 0.0639. The van der Waals surface area contributed by atoms with Crippen molar-refractivity contribution in [2.75, 3.05) is 6.79 Å². The van der Waals surface area contributed by atoms with Crippen LogP contribution in [0.1, 0.15) is 27.3 Å². The molecule has 3 heterocycles. The molecule has 0 unspecified atom stereocenters. The third kappa shape index (κ3) is 3.46. The van der Waals surface area contributed by atoms with Crippen LogP contribution in [0.4, 0.5) is 0 Å². The zero-order valence-corrected chi connectivity index (χ0v) is 15.5. The molecule has 0 aliphatic carbocycles. The minimum atomic E-state index is -0.476. The minimum Gasteiger partial charge on any atom is -0.457 e. The smallest absolute Gasteiger partial charge is 0.340 e. The van der Waals surface area contributed by atoms with Gasteiger partial charge in [-0.05, 0) is 49.7 Å². The Bertz CT molecular complexity index is 1010. The molecule has 0 bridgehead atoms. The van der Waals surface area contributed by atoms with Gasteiger partial charge in [0.15, 0.2) is 17.3 Å². The van der Waals surface area contributed by atoms with E-state index in [1.807, 2.05) is 19.9 Å². The molecule has 7 nitrogen and oxygen atoms in total. The van der Waals surface area contributed by atoms with E-state index in [9.17, 15) is 4.79 Å². The van der Waals surface area contributed by atoms with Crippen LogP contribution in [0.3, 0.4) is 0 Å². The molecule has 1 aromatic carbocycles. The summed E-state index contributed by atoms with van der Waals surface area (Å²) < 4.78 is 17.6. The Kier molecular flexibility index (Phi) is 4.45. The zero-order valence-electron chi connectivity index (χ0n) is 14.7. The van der Waals surface area contributed by atoms with Crippen molar-refractivity contribution in [3.8, 4) is 17.3 Å². The summed E-state index contributed by atoms with van der Waals surface area (Å²) in [6.07, 6.45) is 1.47. The molecule has 0 spiro atoms. The maximum atomic E-state index is 12.3. The molecule has 0 radical (unpaired) electrons. The summed E-state index contributed by atoms with van der Waals surface area (Å²) in [5.74, 6) is 1.22. The van der Waals surface area contributed by atoms with E-state index in [0.29, 0.717) is 33.5 Å². The molecule has 2 aromatic heterocycles. The molecule has 27 heavy (non-hydrogen) atoms. The van der Waals surface area contributed by atoms with Crippen molar-refractivity contribution in [2.45, 2.75) is 20.5 Å². The van der Waals surface area contributed by atoms with E-state index in [-0.39, 0.29) is 13.4 Å². The van der Waals surface area contributed by atoms with Crippen LogP contribution in [0.5, 0.6) is 11.5 Å². The van der Waals surface area contributed by atoms with Gasteiger partial charge in [-0.2, -0.15) is 5.10 Å². The van der Waals surface area contributed by atoms with Gasteiger partial charge in [0.2, 0.25) is 6.79 Å². The van der Waals surface area contributed by atoms with E-state index < -0.39 is 5.97 Å². The van der Waals surface area contributed by atoms with Crippen molar-refractivity contribution >= 4 is 17.6 Å². The van der Waals surface area contributed by atoms with Crippen molar-refractivity contribution in [3.05, 3.63) is 64.1 Å². The van der Waals surface area contributed by atoms with Gasteiger partial charge in [-0.25, -0.2) is 14.5 Å². The fourth-order valence-electron chi connectivity index (χ4n) is 2.83. The predicted octanol–water partition coefficient (Wildman–Crippen LogP) is 3.62. The van der Waals surface area contributed by atoms with E-state index in [1.54, 1.807) is 28.9 Å². The second-order valence-electron chi connectivity index (χ2n) is 6.13. The molecule has 3 aromatic rings. The van der Waals surface area contributed by atoms with Gasteiger partial charge < -0.3 is 14.2 Å². The van der Waals surface area contributed by atoms with Crippen LogP contribution in [0.25, 0.3) is 5.82 Å². The Labute approximate surface area is 160 Å². The van der Waals surface area contributed by atoms with Crippen LogP contribution in [0.2, 0.25) is 5.02 Å². The van der Waals surface area contributed by atoms with Gasteiger partial charge in [-0.15, -0.1) is 0 Å². The molecule has 0 fully saturated rings. The second-order valence-corrected chi connectivity index (χ2v) is 6.54. The number of carbonyl (C=O) groups is 1. The molecule has 1 aliphatic heterocycles. The van der Waals surface area contributed by atoms with Crippen molar-refractivity contribution in [1.82, 2.24) is 14.8 Å². The molecule has 1 aliphatic rings. The largest absolute Gasteiger partial charge is 0.457 e. The number of esters is 1. The Morgan fingerprint density at radius 3 is 2.81 bits per heavy atom. The van der Waals surface area contributed by atoms with E-state index in [4.69, 9.17) is 25.8 Å². The van der Waals surface area contributed by atoms with E-state index >= 15 is 0 Å².